The maximum Gasteiger partial charge on any atom is 0.330 e. The summed E-state index contributed by atoms with van der Waals surface area (Å²) in [6, 6.07) is 29.8. The van der Waals surface area contributed by atoms with Crippen LogP contribution in [0.1, 0.15) is 48.0 Å². The molecule has 0 bridgehead atoms. The molecule has 1 heterocycles. The van der Waals surface area contributed by atoms with Crippen LogP contribution in [0.15, 0.2) is 97.3 Å². The Kier molecular flexibility index (Phi) is 9.18. The molecule has 0 fully saturated rings. The fourth-order valence-corrected chi connectivity index (χ4v) is 7.80. The number of aromatic nitrogens is 3. The lowest BCUT2D eigenvalue weighted by Gasteiger charge is -2.36. The van der Waals surface area contributed by atoms with E-state index in [-0.39, 0.29) is 31.6 Å². The second-order valence-electron chi connectivity index (χ2n) is 9.13. The molecule has 0 amide bonds. The molecular formula is C29H34N3O5PS. The van der Waals surface area contributed by atoms with Crippen molar-refractivity contribution in [2.45, 2.75) is 31.1 Å². The molecule has 0 aliphatic heterocycles. The highest BCUT2D eigenvalue weighted by Gasteiger charge is 2.41. The van der Waals surface area contributed by atoms with Gasteiger partial charge in [-0.25, -0.2) is 18.1 Å². The average molecular weight is 568 g/mol. The van der Waals surface area contributed by atoms with Crippen molar-refractivity contribution < 1.29 is 22.0 Å². The standard InChI is InChI=1S/C29H34N3O5PS/c1-4-36-38(33,37-5-2)22-21-27(39(3,34)35)28-30-23-32(31-28)29(24-15-9-6-10-16-24,25-17-11-7-12-18-25)26-19-13-8-14-20-26/h6-20,23,27H,4-5,21-22H2,1-3H3. The van der Waals surface area contributed by atoms with Gasteiger partial charge in [-0.2, -0.15) is 5.10 Å². The molecule has 10 heteroatoms. The minimum Gasteiger partial charge on any atom is -0.309 e. The zero-order valence-electron chi connectivity index (χ0n) is 22.4. The summed E-state index contributed by atoms with van der Waals surface area (Å²) < 4.78 is 51.6. The van der Waals surface area contributed by atoms with Gasteiger partial charge < -0.3 is 9.05 Å². The van der Waals surface area contributed by atoms with Crippen LogP contribution in [-0.4, -0.2) is 48.8 Å². The van der Waals surface area contributed by atoms with Crippen LogP contribution in [-0.2, 0) is 29.0 Å². The highest BCUT2D eigenvalue weighted by molar-refractivity contribution is 7.90. The van der Waals surface area contributed by atoms with E-state index in [0.717, 1.165) is 22.9 Å². The Balaban J connectivity index is 1.87. The van der Waals surface area contributed by atoms with Gasteiger partial charge in [0, 0.05) is 6.26 Å². The summed E-state index contributed by atoms with van der Waals surface area (Å²) in [6.07, 6.45) is 2.64. The van der Waals surface area contributed by atoms with Crippen molar-refractivity contribution in [2.75, 3.05) is 25.6 Å². The van der Waals surface area contributed by atoms with Crippen molar-refractivity contribution in [2.24, 2.45) is 0 Å². The highest BCUT2D eigenvalue weighted by Crippen LogP contribution is 2.50. The molecule has 0 aliphatic carbocycles. The summed E-state index contributed by atoms with van der Waals surface area (Å²) in [5, 5.41) is 3.74. The van der Waals surface area contributed by atoms with E-state index in [2.05, 4.69) is 4.98 Å². The van der Waals surface area contributed by atoms with Crippen molar-refractivity contribution in [1.29, 1.82) is 0 Å². The van der Waals surface area contributed by atoms with Crippen LogP contribution in [0, 0.1) is 0 Å². The Bertz CT molecular complexity index is 1390. The van der Waals surface area contributed by atoms with Gasteiger partial charge in [0.15, 0.2) is 15.7 Å². The van der Waals surface area contributed by atoms with Gasteiger partial charge in [0.2, 0.25) is 0 Å². The Morgan fingerprint density at radius 2 is 1.26 bits per heavy atom. The number of rotatable bonds is 13. The van der Waals surface area contributed by atoms with Crippen LogP contribution in [0.4, 0.5) is 0 Å². The van der Waals surface area contributed by atoms with Gasteiger partial charge >= 0.3 is 7.60 Å². The number of nitrogens with zero attached hydrogens (tertiary/aromatic N) is 3. The molecule has 206 valence electrons. The predicted molar refractivity (Wildman–Crippen MR) is 153 cm³/mol. The van der Waals surface area contributed by atoms with Crippen molar-refractivity contribution in [3.8, 4) is 0 Å². The van der Waals surface area contributed by atoms with Crippen molar-refractivity contribution >= 4 is 17.4 Å². The van der Waals surface area contributed by atoms with E-state index in [1.807, 2.05) is 91.0 Å². The Labute approximate surface area is 230 Å². The molecule has 1 atom stereocenters. The Morgan fingerprint density at radius 3 is 1.64 bits per heavy atom. The molecule has 0 saturated heterocycles. The molecular weight excluding hydrogens is 533 g/mol. The Hall–Kier alpha value is -3.10. The molecule has 3 aromatic carbocycles. The van der Waals surface area contributed by atoms with Crippen LogP contribution < -0.4 is 0 Å². The van der Waals surface area contributed by atoms with Gasteiger partial charge in [0.05, 0.1) is 19.4 Å². The highest BCUT2D eigenvalue weighted by atomic mass is 32.2. The molecule has 0 saturated carbocycles. The van der Waals surface area contributed by atoms with Crippen LogP contribution in [0.25, 0.3) is 0 Å². The summed E-state index contributed by atoms with van der Waals surface area (Å²) >= 11 is 0. The third-order valence-electron chi connectivity index (χ3n) is 6.55. The van der Waals surface area contributed by atoms with Crippen LogP contribution in [0.5, 0.6) is 0 Å². The third-order valence-corrected chi connectivity index (χ3v) is 10.1. The van der Waals surface area contributed by atoms with E-state index in [0.29, 0.717) is 0 Å². The summed E-state index contributed by atoms with van der Waals surface area (Å²) in [4.78, 5) is 4.52. The molecule has 4 rings (SSSR count). The molecule has 4 aromatic rings. The van der Waals surface area contributed by atoms with Gasteiger partial charge in [0.25, 0.3) is 0 Å². The lowest BCUT2D eigenvalue weighted by atomic mass is 9.77. The third kappa shape index (κ3) is 6.23. The smallest absolute Gasteiger partial charge is 0.309 e. The first-order chi connectivity index (χ1) is 18.7. The van der Waals surface area contributed by atoms with Crippen LogP contribution in [0.2, 0.25) is 0 Å². The normalized spacial score (nSPS) is 13.3. The van der Waals surface area contributed by atoms with E-state index in [1.165, 1.54) is 0 Å². The summed E-state index contributed by atoms with van der Waals surface area (Å²) in [5.41, 5.74) is 1.88. The van der Waals surface area contributed by atoms with Crippen molar-refractivity contribution in [3.05, 3.63) is 120 Å². The van der Waals surface area contributed by atoms with Crippen LogP contribution in [0.3, 0.4) is 0 Å². The maximum atomic E-state index is 13.1. The molecule has 0 aliphatic rings. The lowest BCUT2D eigenvalue weighted by Crippen LogP contribution is -2.38. The number of hydrogen-bond acceptors (Lipinski definition) is 7. The monoisotopic (exact) mass is 567 g/mol. The van der Waals surface area contributed by atoms with Gasteiger partial charge in [-0.15, -0.1) is 0 Å². The average Bonchev–Trinajstić information content (AvgIpc) is 3.40. The first kappa shape index (κ1) is 28.9. The van der Waals surface area contributed by atoms with E-state index in [4.69, 9.17) is 14.1 Å². The fraction of sp³-hybridized carbons (Fsp3) is 0.310. The largest absolute Gasteiger partial charge is 0.330 e. The number of hydrogen-bond donors (Lipinski definition) is 0. The Morgan fingerprint density at radius 1 is 0.821 bits per heavy atom. The van der Waals surface area contributed by atoms with Gasteiger partial charge in [-0.1, -0.05) is 91.0 Å². The van der Waals surface area contributed by atoms with E-state index in [9.17, 15) is 13.0 Å². The molecule has 39 heavy (non-hydrogen) atoms. The minimum absolute atomic E-state index is 0.00483. The molecule has 1 unspecified atom stereocenters. The van der Waals surface area contributed by atoms with Gasteiger partial charge in [0.1, 0.15) is 17.1 Å². The fourth-order valence-electron chi connectivity index (χ4n) is 4.89. The van der Waals surface area contributed by atoms with E-state index < -0.39 is 28.2 Å². The molecule has 0 radical (unpaired) electrons. The topological polar surface area (TPSA) is 100 Å². The van der Waals surface area contributed by atoms with Gasteiger partial charge in [-0.3, -0.25) is 4.57 Å². The SMILES string of the molecule is CCOP(=O)(CCC(c1ncn(C(c2ccccc2)(c2ccccc2)c2ccccc2)n1)S(C)(=O)=O)OCC. The number of benzene rings is 3. The lowest BCUT2D eigenvalue weighted by molar-refractivity contribution is 0.219. The van der Waals surface area contributed by atoms with E-state index >= 15 is 0 Å². The number of sulfone groups is 1. The first-order valence-corrected chi connectivity index (χ1v) is 16.6. The zero-order valence-corrected chi connectivity index (χ0v) is 24.1. The van der Waals surface area contributed by atoms with Gasteiger partial charge in [-0.05, 0) is 37.0 Å². The zero-order chi connectivity index (χ0) is 27.9. The second-order valence-corrected chi connectivity index (χ2v) is 13.5. The minimum atomic E-state index is -3.67. The molecule has 0 spiro atoms. The van der Waals surface area contributed by atoms with E-state index in [1.54, 1.807) is 24.9 Å². The maximum absolute atomic E-state index is 13.1. The summed E-state index contributed by atoms with van der Waals surface area (Å²) in [7, 11) is -7.13. The second kappa shape index (κ2) is 12.4. The molecule has 1 aromatic heterocycles. The predicted octanol–water partition coefficient (Wildman–Crippen LogP) is 5.86. The molecule has 0 N–H and O–H groups in total. The van der Waals surface area contributed by atoms with Crippen molar-refractivity contribution in [3.63, 3.8) is 0 Å². The van der Waals surface area contributed by atoms with Crippen molar-refractivity contribution in [1.82, 2.24) is 14.8 Å². The van der Waals surface area contributed by atoms with Crippen LogP contribution >= 0.6 is 7.60 Å². The summed E-state index contributed by atoms with van der Waals surface area (Å²) in [5.74, 6) is 0.129. The molecule has 8 nitrogen and oxygen atoms in total. The quantitative estimate of drug-likeness (QED) is 0.147. The summed E-state index contributed by atoms with van der Waals surface area (Å²) in [6.45, 7) is 3.83. The first-order valence-electron chi connectivity index (χ1n) is 12.9.